The molecule has 0 bridgehead atoms. The molecule has 1 aromatic heterocycles. The Hall–Kier alpha value is -4.14. The second-order valence-corrected chi connectivity index (χ2v) is 16.4. The van der Waals surface area contributed by atoms with Crippen LogP contribution in [-0.2, 0) is 30.8 Å². The predicted molar refractivity (Wildman–Crippen MR) is 191 cm³/mol. The highest BCUT2D eigenvalue weighted by atomic mass is 79.9. The summed E-state index contributed by atoms with van der Waals surface area (Å²) in [6, 6.07) is 10.2. The number of phenols is 1. The van der Waals surface area contributed by atoms with Crippen molar-refractivity contribution in [1.29, 1.82) is 0 Å². The van der Waals surface area contributed by atoms with Crippen LogP contribution in [-0.4, -0.2) is 56.3 Å². The lowest BCUT2D eigenvalue weighted by Gasteiger charge is -2.50. The Balaban J connectivity index is 1.47. The fraction of sp³-hybridized carbons (Fsp3) is 0.378. The molecular weight excluding hydrogens is 804 g/mol. The van der Waals surface area contributed by atoms with Crippen LogP contribution < -0.4 is 10.2 Å². The zero-order chi connectivity index (χ0) is 38.5. The largest absolute Gasteiger partial charge is 0.503 e. The molecule has 3 aromatic rings. The first kappa shape index (κ1) is 37.2. The number of benzene rings is 2. The number of hydrogen-bond acceptors (Lipinski definition) is 8. The lowest BCUT2D eigenvalue weighted by molar-refractivity contribution is -0.146. The molecule has 2 saturated heterocycles. The van der Waals surface area contributed by atoms with Gasteiger partial charge >= 0.3 is 6.18 Å². The summed E-state index contributed by atoms with van der Waals surface area (Å²) in [5, 5.41) is 11.4. The molecule has 4 amide bonds. The van der Waals surface area contributed by atoms with Crippen LogP contribution in [0.1, 0.15) is 56.2 Å². The van der Waals surface area contributed by atoms with Crippen molar-refractivity contribution in [2.45, 2.75) is 56.7 Å². The number of alkyl halides is 3. The number of hydrogen-bond donors (Lipinski definition) is 2. The zero-order valence-electron chi connectivity index (χ0n) is 28.6. The lowest BCUT2D eigenvalue weighted by atomic mass is 9.49. The molecule has 2 N–H and O–H groups in total. The maximum absolute atomic E-state index is 15.3. The molecule has 0 spiro atoms. The van der Waals surface area contributed by atoms with Crippen LogP contribution in [0, 0.1) is 23.7 Å². The SMILES string of the molecule is COc1cc([C@H]2C3=CC[C@@H]4C(=O)N(C(C)(C)C)C(=O)[C@@H]4[C@@H]3C[C@H]3C(=O)N(Nc4ncc(C(F)(F)F)cc4Cl)C(=O)[C@@]23c2ccc(Cl)cc2)cc(Br)c1O. The summed E-state index contributed by atoms with van der Waals surface area (Å²) in [7, 11) is 1.36. The van der Waals surface area contributed by atoms with Crippen LogP contribution >= 0.6 is 39.1 Å². The molecule has 2 aliphatic heterocycles. The molecule has 1 saturated carbocycles. The Kier molecular flexibility index (Phi) is 8.93. The highest BCUT2D eigenvalue weighted by Crippen LogP contribution is 2.65. The number of carbonyl (C=O) groups is 4. The van der Waals surface area contributed by atoms with Gasteiger partial charge in [-0.25, -0.2) is 4.98 Å². The third kappa shape index (κ3) is 5.62. The number of phenolic OH excluding ortho intramolecular Hbond substituents is 1. The second kappa shape index (κ2) is 12.7. The standard InChI is InChI=1S/C37H32BrCl2F3N4O6/c1-35(2,3)46-31(49)21-10-9-20-22(27(21)33(46)51)14-23-32(50)47(45-30-25(40)13-18(15-44-30)37(41,42)43)34(52)36(23,17-5-7-19(39)8-6-17)28(20)16-11-24(38)29(48)26(12-16)53-4/h5-9,11-13,15,21-23,27-28,48H,10,14H2,1-4H3,(H,44,45)/t21-,22+,23-,27-,28-,36+/m0/s1. The van der Waals surface area contributed by atoms with E-state index in [-0.39, 0.29) is 46.4 Å². The lowest BCUT2D eigenvalue weighted by Crippen LogP contribution is -2.53. The van der Waals surface area contributed by atoms with Gasteiger partial charge in [0.2, 0.25) is 11.8 Å². The molecule has 2 aromatic carbocycles. The van der Waals surface area contributed by atoms with E-state index in [1.54, 1.807) is 57.2 Å². The van der Waals surface area contributed by atoms with Crippen molar-refractivity contribution in [3.63, 3.8) is 0 Å². The van der Waals surface area contributed by atoms with Crippen LogP contribution in [0.5, 0.6) is 11.5 Å². The highest BCUT2D eigenvalue weighted by Gasteiger charge is 2.70. The van der Waals surface area contributed by atoms with Crippen molar-refractivity contribution in [2.75, 3.05) is 12.5 Å². The maximum atomic E-state index is 15.3. The van der Waals surface area contributed by atoms with E-state index in [2.05, 4.69) is 26.3 Å². The Morgan fingerprint density at radius 1 is 1.00 bits per heavy atom. The van der Waals surface area contributed by atoms with Gasteiger partial charge in [-0.05, 0) is 96.9 Å². The molecule has 0 radical (unpaired) electrons. The summed E-state index contributed by atoms with van der Waals surface area (Å²) >= 11 is 16.0. The van der Waals surface area contributed by atoms with Crippen LogP contribution in [0.25, 0.3) is 0 Å². The molecule has 53 heavy (non-hydrogen) atoms. The number of fused-ring (bicyclic) bond motifs is 4. The van der Waals surface area contributed by atoms with E-state index >= 15 is 4.79 Å². The van der Waals surface area contributed by atoms with E-state index in [9.17, 15) is 32.7 Å². The predicted octanol–water partition coefficient (Wildman–Crippen LogP) is 7.67. The van der Waals surface area contributed by atoms with E-state index in [1.807, 2.05) is 6.08 Å². The van der Waals surface area contributed by atoms with Gasteiger partial charge in [-0.1, -0.05) is 47.0 Å². The monoisotopic (exact) mass is 834 g/mol. The molecular formula is C37H32BrCl2F3N4O6. The van der Waals surface area contributed by atoms with Gasteiger partial charge < -0.3 is 9.84 Å². The number of methoxy groups -OCH3 is 1. The number of ether oxygens (including phenoxy) is 1. The number of hydrazine groups is 1. The molecule has 16 heteroatoms. The Labute approximate surface area is 320 Å². The molecule has 278 valence electrons. The molecule has 7 rings (SSSR count). The average Bonchev–Trinajstić information content (AvgIpc) is 3.47. The first-order chi connectivity index (χ1) is 24.8. The molecule has 0 unspecified atom stereocenters. The Bertz CT molecular complexity index is 2120. The molecule has 10 nitrogen and oxygen atoms in total. The topological polar surface area (TPSA) is 129 Å². The number of anilines is 1. The number of amides is 4. The number of allylic oxidation sites excluding steroid dienone is 2. The smallest absolute Gasteiger partial charge is 0.417 e. The van der Waals surface area contributed by atoms with Crippen molar-refractivity contribution in [1.82, 2.24) is 14.9 Å². The summed E-state index contributed by atoms with van der Waals surface area (Å²) in [5.41, 5.74) is 0.381. The number of rotatable bonds is 5. The van der Waals surface area contributed by atoms with Crippen LogP contribution in [0.4, 0.5) is 19.0 Å². The van der Waals surface area contributed by atoms with E-state index < -0.39 is 69.1 Å². The summed E-state index contributed by atoms with van der Waals surface area (Å²) in [6.07, 6.45) is -2.18. The minimum atomic E-state index is -4.75. The highest BCUT2D eigenvalue weighted by molar-refractivity contribution is 9.10. The molecule has 4 aliphatic rings. The molecule has 3 heterocycles. The number of halogens is 6. The molecule has 2 aliphatic carbocycles. The van der Waals surface area contributed by atoms with Crippen LogP contribution in [0.2, 0.25) is 10.0 Å². The number of nitrogens with zero attached hydrogens (tertiary/aromatic N) is 3. The zero-order valence-corrected chi connectivity index (χ0v) is 31.7. The summed E-state index contributed by atoms with van der Waals surface area (Å²) in [5.74, 6) is -7.14. The van der Waals surface area contributed by atoms with Gasteiger partial charge in [0.25, 0.3) is 11.8 Å². The Morgan fingerprint density at radius 2 is 1.68 bits per heavy atom. The summed E-state index contributed by atoms with van der Waals surface area (Å²) in [4.78, 5) is 63.3. The van der Waals surface area contributed by atoms with Crippen LogP contribution in [0.15, 0.2) is 64.8 Å². The van der Waals surface area contributed by atoms with Crippen molar-refractivity contribution in [2.24, 2.45) is 23.7 Å². The maximum Gasteiger partial charge on any atom is 0.417 e. The number of imide groups is 2. The van der Waals surface area contributed by atoms with Gasteiger partial charge in [-0.15, -0.1) is 0 Å². The fourth-order valence-electron chi connectivity index (χ4n) is 8.73. The number of nitrogens with one attached hydrogen (secondary N) is 1. The number of pyridine rings is 1. The first-order valence-electron chi connectivity index (χ1n) is 16.6. The van der Waals surface area contributed by atoms with Crippen LogP contribution in [0.3, 0.4) is 0 Å². The third-order valence-corrected chi connectivity index (χ3v) is 12.0. The Morgan fingerprint density at radius 3 is 2.28 bits per heavy atom. The van der Waals surface area contributed by atoms with Gasteiger partial charge in [0.15, 0.2) is 17.3 Å². The van der Waals surface area contributed by atoms with Crippen molar-refractivity contribution in [3.8, 4) is 11.5 Å². The van der Waals surface area contributed by atoms with E-state index in [1.165, 1.54) is 12.0 Å². The van der Waals surface area contributed by atoms with E-state index in [4.69, 9.17) is 27.9 Å². The van der Waals surface area contributed by atoms with Crippen molar-refractivity contribution < 1.29 is 42.2 Å². The van der Waals surface area contributed by atoms with Gasteiger partial charge in [0, 0.05) is 22.7 Å². The number of aromatic hydroxyl groups is 1. The van der Waals surface area contributed by atoms with E-state index in [0.717, 1.165) is 5.01 Å². The quantitative estimate of drug-likeness (QED) is 0.198. The second-order valence-electron chi connectivity index (χ2n) is 14.7. The summed E-state index contributed by atoms with van der Waals surface area (Å²) < 4.78 is 46.1. The van der Waals surface area contributed by atoms with Crippen molar-refractivity contribution >= 4 is 68.6 Å². The van der Waals surface area contributed by atoms with Gasteiger partial charge in [0.1, 0.15) is 0 Å². The first-order valence-corrected chi connectivity index (χ1v) is 18.1. The number of aromatic nitrogens is 1. The van der Waals surface area contributed by atoms with Gasteiger partial charge in [-0.3, -0.25) is 29.5 Å². The molecule has 6 atom stereocenters. The van der Waals surface area contributed by atoms with Gasteiger partial charge in [-0.2, -0.15) is 18.2 Å². The molecule has 3 fully saturated rings. The van der Waals surface area contributed by atoms with E-state index in [0.29, 0.717) is 34.0 Å². The van der Waals surface area contributed by atoms with Crippen molar-refractivity contribution in [3.05, 3.63) is 91.5 Å². The third-order valence-electron chi connectivity index (χ3n) is 10.8. The number of likely N-dealkylation sites (tertiary alicyclic amines) is 1. The minimum absolute atomic E-state index is 0.0313. The normalized spacial score (nSPS) is 27.1. The summed E-state index contributed by atoms with van der Waals surface area (Å²) in [6.45, 7) is 5.31. The van der Waals surface area contributed by atoms with Gasteiger partial charge in [0.05, 0.1) is 45.3 Å². The number of carbonyl (C=O) groups excluding carboxylic acids is 4. The minimum Gasteiger partial charge on any atom is -0.503 e. The average molecular weight is 836 g/mol. The fourth-order valence-corrected chi connectivity index (χ4v) is 9.53.